The Kier molecular flexibility index (Phi) is 8.07. The van der Waals surface area contributed by atoms with E-state index >= 15 is 0 Å². The van der Waals surface area contributed by atoms with Crippen LogP contribution in [0.25, 0.3) is 0 Å². The minimum absolute atomic E-state index is 0.615. The monoisotopic (exact) mass is 280 g/mol. The van der Waals surface area contributed by atoms with Crippen LogP contribution >= 0.6 is 0 Å². The van der Waals surface area contributed by atoms with Gasteiger partial charge in [-0.2, -0.15) is 0 Å². The largest absolute Gasteiger partial charge is 0.493 e. The fraction of sp³-hybridized carbons (Fsp3) is 0.625. The van der Waals surface area contributed by atoms with Gasteiger partial charge in [0.25, 0.3) is 0 Å². The van der Waals surface area contributed by atoms with Crippen molar-refractivity contribution < 1.29 is 9.47 Å². The summed E-state index contributed by atoms with van der Waals surface area (Å²) in [4.78, 5) is 2.35. The average Bonchev–Trinajstić information content (AvgIpc) is 2.46. The Morgan fingerprint density at radius 2 is 1.85 bits per heavy atom. The lowest BCUT2D eigenvalue weighted by atomic mass is 10.3. The van der Waals surface area contributed by atoms with Crippen molar-refractivity contribution in [2.75, 3.05) is 40.4 Å². The van der Waals surface area contributed by atoms with E-state index in [9.17, 15) is 0 Å². The van der Waals surface area contributed by atoms with Crippen LogP contribution in [0.5, 0.6) is 11.5 Å². The van der Waals surface area contributed by atoms with Crippen LogP contribution in [-0.4, -0.2) is 51.3 Å². The SMILES string of the molecule is COc1ccccc1OCCNCCCN(C)C(C)C. The normalized spacial score (nSPS) is 11.1. The maximum Gasteiger partial charge on any atom is 0.161 e. The Labute approximate surface area is 123 Å². The quantitative estimate of drug-likeness (QED) is 0.667. The number of rotatable bonds is 10. The molecule has 0 aliphatic rings. The molecule has 0 saturated heterocycles. The third kappa shape index (κ3) is 6.26. The van der Waals surface area contributed by atoms with Crippen molar-refractivity contribution in [3.63, 3.8) is 0 Å². The summed E-state index contributed by atoms with van der Waals surface area (Å²) in [5.74, 6) is 1.59. The van der Waals surface area contributed by atoms with Crippen molar-refractivity contribution in [1.82, 2.24) is 10.2 Å². The molecule has 0 atom stereocenters. The number of para-hydroxylation sites is 2. The smallest absolute Gasteiger partial charge is 0.161 e. The van der Waals surface area contributed by atoms with Gasteiger partial charge in [-0.05, 0) is 52.5 Å². The third-order valence-corrected chi connectivity index (χ3v) is 3.35. The molecule has 1 aromatic rings. The second kappa shape index (κ2) is 9.61. The summed E-state index contributed by atoms with van der Waals surface area (Å²) >= 11 is 0. The van der Waals surface area contributed by atoms with Crippen molar-refractivity contribution >= 4 is 0 Å². The Hall–Kier alpha value is -1.26. The summed E-state index contributed by atoms with van der Waals surface area (Å²) in [5, 5.41) is 3.39. The lowest BCUT2D eigenvalue weighted by Crippen LogP contribution is -2.30. The molecule has 20 heavy (non-hydrogen) atoms. The fourth-order valence-corrected chi connectivity index (χ4v) is 1.81. The molecule has 114 valence electrons. The number of benzene rings is 1. The van der Waals surface area contributed by atoms with Gasteiger partial charge >= 0.3 is 0 Å². The van der Waals surface area contributed by atoms with E-state index in [4.69, 9.17) is 9.47 Å². The van der Waals surface area contributed by atoms with E-state index in [1.165, 1.54) is 0 Å². The Morgan fingerprint density at radius 3 is 2.50 bits per heavy atom. The highest BCUT2D eigenvalue weighted by atomic mass is 16.5. The molecule has 0 unspecified atom stereocenters. The predicted octanol–water partition coefficient (Wildman–Crippen LogP) is 2.39. The van der Waals surface area contributed by atoms with E-state index in [1.54, 1.807) is 7.11 Å². The molecule has 0 aliphatic carbocycles. The van der Waals surface area contributed by atoms with Gasteiger partial charge in [0.15, 0.2) is 11.5 Å². The molecule has 0 aliphatic heterocycles. The minimum Gasteiger partial charge on any atom is -0.493 e. The van der Waals surface area contributed by atoms with Crippen LogP contribution in [0.1, 0.15) is 20.3 Å². The van der Waals surface area contributed by atoms with Gasteiger partial charge in [0, 0.05) is 12.6 Å². The second-order valence-electron chi connectivity index (χ2n) is 5.18. The molecular weight excluding hydrogens is 252 g/mol. The van der Waals surface area contributed by atoms with Crippen molar-refractivity contribution in [2.24, 2.45) is 0 Å². The van der Waals surface area contributed by atoms with Gasteiger partial charge in [0.1, 0.15) is 6.61 Å². The van der Waals surface area contributed by atoms with E-state index in [0.717, 1.165) is 37.6 Å². The summed E-state index contributed by atoms with van der Waals surface area (Å²) in [6, 6.07) is 8.34. The molecule has 0 fully saturated rings. The number of ether oxygens (including phenoxy) is 2. The minimum atomic E-state index is 0.615. The average molecular weight is 280 g/mol. The molecule has 1 aromatic carbocycles. The third-order valence-electron chi connectivity index (χ3n) is 3.35. The fourth-order valence-electron chi connectivity index (χ4n) is 1.81. The van der Waals surface area contributed by atoms with E-state index in [1.807, 2.05) is 24.3 Å². The number of nitrogens with one attached hydrogen (secondary N) is 1. The molecule has 4 heteroatoms. The topological polar surface area (TPSA) is 33.7 Å². The molecule has 4 nitrogen and oxygen atoms in total. The molecular formula is C16H28N2O2. The molecule has 0 bridgehead atoms. The van der Waals surface area contributed by atoms with Gasteiger partial charge < -0.3 is 19.7 Å². The van der Waals surface area contributed by atoms with E-state index in [-0.39, 0.29) is 0 Å². The standard InChI is InChI=1S/C16H28N2O2/c1-14(2)18(3)12-7-10-17-11-13-20-16-9-6-5-8-15(16)19-4/h5-6,8-9,14,17H,7,10-13H2,1-4H3. The number of nitrogens with zero attached hydrogens (tertiary/aromatic N) is 1. The van der Waals surface area contributed by atoms with Crippen LogP contribution < -0.4 is 14.8 Å². The van der Waals surface area contributed by atoms with Crippen molar-refractivity contribution in [3.05, 3.63) is 24.3 Å². The van der Waals surface area contributed by atoms with Crippen LogP contribution in [0, 0.1) is 0 Å². The molecule has 0 heterocycles. The first-order valence-corrected chi connectivity index (χ1v) is 7.32. The van der Waals surface area contributed by atoms with Crippen molar-refractivity contribution in [2.45, 2.75) is 26.3 Å². The zero-order chi connectivity index (χ0) is 14.8. The van der Waals surface area contributed by atoms with Gasteiger partial charge in [0.2, 0.25) is 0 Å². The van der Waals surface area contributed by atoms with E-state index in [2.05, 4.69) is 31.1 Å². The van der Waals surface area contributed by atoms with Crippen molar-refractivity contribution in [3.8, 4) is 11.5 Å². The van der Waals surface area contributed by atoms with Crippen LogP contribution in [-0.2, 0) is 0 Å². The molecule has 0 spiro atoms. The molecule has 1 N–H and O–H groups in total. The number of methoxy groups -OCH3 is 1. The lowest BCUT2D eigenvalue weighted by Gasteiger charge is -2.20. The van der Waals surface area contributed by atoms with Crippen molar-refractivity contribution in [1.29, 1.82) is 0 Å². The number of hydrogen-bond acceptors (Lipinski definition) is 4. The Bertz CT molecular complexity index is 369. The highest BCUT2D eigenvalue weighted by Gasteiger charge is 2.03. The number of hydrogen-bond donors (Lipinski definition) is 1. The Morgan fingerprint density at radius 1 is 1.15 bits per heavy atom. The first-order chi connectivity index (χ1) is 9.65. The summed E-state index contributed by atoms with van der Waals surface area (Å²) in [6.07, 6.45) is 1.16. The summed E-state index contributed by atoms with van der Waals surface area (Å²) < 4.78 is 10.9. The molecule has 1 rings (SSSR count). The zero-order valence-electron chi connectivity index (χ0n) is 13.2. The van der Waals surface area contributed by atoms with Crippen LogP contribution in [0.15, 0.2) is 24.3 Å². The van der Waals surface area contributed by atoms with E-state index < -0.39 is 0 Å². The zero-order valence-corrected chi connectivity index (χ0v) is 13.2. The summed E-state index contributed by atoms with van der Waals surface area (Å²) in [5.41, 5.74) is 0. The van der Waals surface area contributed by atoms with E-state index in [0.29, 0.717) is 12.6 Å². The first-order valence-electron chi connectivity index (χ1n) is 7.32. The van der Waals surface area contributed by atoms with Crippen LogP contribution in [0.2, 0.25) is 0 Å². The first kappa shape index (κ1) is 16.8. The predicted molar refractivity (Wildman–Crippen MR) is 83.7 cm³/mol. The van der Waals surface area contributed by atoms with Crippen LogP contribution in [0.4, 0.5) is 0 Å². The molecule has 0 aromatic heterocycles. The van der Waals surface area contributed by atoms with Gasteiger partial charge in [-0.25, -0.2) is 0 Å². The maximum atomic E-state index is 5.70. The highest BCUT2D eigenvalue weighted by molar-refractivity contribution is 5.39. The molecule has 0 saturated carbocycles. The van der Waals surface area contributed by atoms with Gasteiger partial charge in [-0.3, -0.25) is 0 Å². The van der Waals surface area contributed by atoms with Gasteiger partial charge in [-0.1, -0.05) is 12.1 Å². The lowest BCUT2D eigenvalue weighted by molar-refractivity contribution is 0.265. The molecule has 0 amide bonds. The Balaban J connectivity index is 2.08. The van der Waals surface area contributed by atoms with Gasteiger partial charge in [-0.15, -0.1) is 0 Å². The molecule has 0 radical (unpaired) electrons. The van der Waals surface area contributed by atoms with Crippen LogP contribution in [0.3, 0.4) is 0 Å². The van der Waals surface area contributed by atoms with Gasteiger partial charge in [0.05, 0.1) is 7.11 Å². The highest BCUT2D eigenvalue weighted by Crippen LogP contribution is 2.25. The maximum absolute atomic E-state index is 5.70. The summed E-state index contributed by atoms with van der Waals surface area (Å²) in [6.45, 7) is 8.08. The summed E-state index contributed by atoms with van der Waals surface area (Å²) in [7, 11) is 3.82. The second-order valence-corrected chi connectivity index (χ2v) is 5.18.